The van der Waals surface area contributed by atoms with E-state index in [0.29, 0.717) is 34.7 Å². The molecule has 7 heteroatoms. The monoisotopic (exact) mass is 470 g/mol. The van der Waals surface area contributed by atoms with Crippen LogP contribution in [0.4, 0.5) is 11.4 Å². The lowest BCUT2D eigenvalue weighted by atomic mass is 10.00. The van der Waals surface area contributed by atoms with Gasteiger partial charge in [-0.15, -0.1) is 0 Å². The van der Waals surface area contributed by atoms with Gasteiger partial charge in [0.05, 0.1) is 17.0 Å². The third kappa shape index (κ3) is 7.35. The SMILES string of the molecule is CCCCCCCCS(=O)(=O)Nc1ccc(N=Cc2ccc3c(c2O)C=CC(C)(C)O3)cc1. The summed E-state index contributed by atoms with van der Waals surface area (Å²) in [6.45, 7) is 6.07. The largest absolute Gasteiger partial charge is 0.506 e. The Morgan fingerprint density at radius 2 is 1.73 bits per heavy atom. The molecule has 0 fully saturated rings. The van der Waals surface area contributed by atoms with Gasteiger partial charge >= 0.3 is 0 Å². The second kappa shape index (κ2) is 10.9. The van der Waals surface area contributed by atoms with Crippen LogP contribution in [0.5, 0.6) is 11.5 Å². The average Bonchev–Trinajstić information content (AvgIpc) is 2.76. The molecule has 0 spiro atoms. The van der Waals surface area contributed by atoms with Crippen LogP contribution in [-0.2, 0) is 10.0 Å². The summed E-state index contributed by atoms with van der Waals surface area (Å²) in [5.41, 5.74) is 1.96. The molecule has 0 saturated carbocycles. The quantitative estimate of drug-likeness (QED) is 0.293. The van der Waals surface area contributed by atoms with Crippen LogP contribution in [0, 0.1) is 0 Å². The topological polar surface area (TPSA) is 88.0 Å². The van der Waals surface area contributed by atoms with Crippen LogP contribution in [0.15, 0.2) is 47.5 Å². The number of aromatic hydroxyl groups is 1. The summed E-state index contributed by atoms with van der Waals surface area (Å²) in [7, 11) is -3.36. The number of ether oxygens (including phenoxy) is 1. The molecule has 1 heterocycles. The zero-order chi connectivity index (χ0) is 23.9. The molecule has 2 aromatic carbocycles. The van der Waals surface area contributed by atoms with Crippen LogP contribution in [0.25, 0.3) is 6.08 Å². The Morgan fingerprint density at radius 3 is 2.45 bits per heavy atom. The van der Waals surface area contributed by atoms with Crippen LogP contribution in [0.1, 0.15) is 70.4 Å². The third-order valence-corrected chi connectivity index (χ3v) is 6.87. The molecule has 2 aromatic rings. The highest BCUT2D eigenvalue weighted by atomic mass is 32.2. The summed E-state index contributed by atoms with van der Waals surface area (Å²) in [4.78, 5) is 4.41. The molecule has 6 nitrogen and oxygen atoms in total. The molecule has 0 aliphatic carbocycles. The van der Waals surface area contributed by atoms with Gasteiger partial charge in [0.1, 0.15) is 17.1 Å². The van der Waals surface area contributed by atoms with Crippen molar-refractivity contribution in [3.63, 3.8) is 0 Å². The summed E-state index contributed by atoms with van der Waals surface area (Å²) in [6, 6.07) is 10.4. The number of hydrogen-bond acceptors (Lipinski definition) is 5. The van der Waals surface area contributed by atoms with Gasteiger partial charge in [0, 0.05) is 17.5 Å². The van der Waals surface area contributed by atoms with Gasteiger partial charge in [-0.05, 0) is 68.8 Å². The van der Waals surface area contributed by atoms with Crippen molar-refractivity contribution < 1.29 is 18.3 Å². The molecule has 1 aliphatic rings. The van der Waals surface area contributed by atoms with Gasteiger partial charge in [0.25, 0.3) is 0 Å². The number of sulfonamides is 1. The zero-order valence-corrected chi connectivity index (χ0v) is 20.5. The van der Waals surface area contributed by atoms with E-state index in [0.717, 1.165) is 19.3 Å². The zero-order valence-electron chi connectivity index (χ0n) is 19.7. The van der Waals surface area contributed by atoms with Crippen molar-refractivity contribution >= 4 is 33.7 Å². The summed E-state index contributed by atoms with van der Waals surface area (Å²) < 4.78 is 33.1. The van der Waals surface area contributed by atoms with Gasteiger partial charge in [0.15, 0.2) is 0 Å². The van der Waals surface area contributed by atoms with Gasteiger partial charge in [-0.25, -0.2) is 8.42 Å². The highest BCUT2D eigenvalue weighted by Gasteiger charge is 2.24. The predicted octanol–water partition coefficient (Wildman–Crippen LogP) is 6.43. The molecule has 0 saturated heterocycles. The fraction of sp³-hybridized carbons (Fsp3) is 0.423. The summed E-state index contributed by atoms with van der Waals surface area (Å²) in [5, 5.41) is 10.6. The number of rotatable bonds is 11. The van der Waals surface area contributed by atoms with Crippen LogP contribution in [0.2, 0.25) is 0 Å². The Morgan fingerprint density at radius 1 is 1.03 bits per heavy atom. The number of fused-ring (bicyclic) bond motifs is 1. The van der Waals surface area contributed by atoms with Crippen molar-refractivity contribution in [1.29, 1.82) is 0 Å². The maximum atomic E-state index is 12.3. The van der Waals surface area contributed by atoms with E-state index >= 15 is 0 Å². The number of nitrogens with one attached hydrogen (secondary N) is 1. The minimum Gasteiger partial charge on any atom is -0.506 e. The van der Waals surface area contributed by atoms with Crippen molar-refractivity contribution in [2.45, 2.75) is 64.9 Å². The highest BCUT2D eigenvalue weighted by Crippen LogP contribution is 2.38. The van der Waals surface area contributed by atoms with E-state index in [1.54, 1.807) is 36.5 Å². The van der Waals surface area contributed by atoms with E-state index in [4.69, 9.17) is 4.74 Å². The molecule has 178 valence electrons. The molecule has 0 aromatic heterocycles. The maximum Gasteiger partial charge on any atom is 0.232 e. The van der Waals surface area contributed by atoms with Crippen LogP contribution in [0.3, 0.4) is 0 Å². The van der Waals surface area contributed by atoms with Gasteiger partial charge in [-0.3, -0.25) is 9.71 Å². The summed E-state index contributed by atoms with van der Waals surface area (Å²) in [6.07, 6.45) is 11.6. The number of unbranched alkanes of at least 4 members (excludes halogenated alkanes) is 5. The molecular formula is C26H34N2O4S. The highest BCUT2D eigenvalue weighted by molar-refractivity contribution is 7.92. The molecule has 2 N–H and O–H groups in total. The Bertz CT molecular complexity index is 1100. The normalized spacial score (nSPS) is 14.8. The standard InChI is InChI=1S/C26H34N2O4S/c1-4-5-6-7-8-9-18-33(30,31)28-22-13-11-21(12-14-22)27-19-20-10-15-24-23(25(20)29)16-17-26(2,3)32-24/h10-17,19,28-29H,4-9,18H2,1-3H3. The summed E-state index contributed by atoms with van der Waals surface area (Å²) in [5.74, 6) is 0.878. The van der Waals surface area contributed by atoms with Crippen molar-refractivity contribution in [2.75, 3.05) is 10.5 Å². The van der Waals surface area contributed by atoms with Gasteiger partial charge < -0.3 is 9.84 Å². The molecule has 0 unspecified atom stereocenters. The van der Waals surface area contributed by atoms with Gasteiger partial charge in [0.2, 0.25) is 10.0 Å². The predicted molar refractivity (Wildman–Crippen MR) is 136 cm³/mol. The van der Waals surface area contributed by atoms with Crippen molar-refractivity contribution in [3.05, 3.63) is 53.6 Å². The number of phenolic OH excluding ortho intramolecular Hbond substituents is 1. The van der Waals surface area contributed by atoms with Crippen LogP contribution < -0.4 is 9.46 Å². The lowest BCUT2D eigenvalue weighted by molar-refractivity contribution is 0.158. The number of benzene rings is 2. The van der Waals surface area contributed by atoms with Crippen LogP contribution >= 0.6 is 0 Å². The Labute approximate surface area is 197 Å². The number of hydrogen-bond donors (Lipinski definition) is 2. The Hall–Kier alpha value is -2.80. The van der Waals surface area contributed by atoms with E-state index in [2.05, 4.69) is 16.6 Å². The second-order valence-corrected chi connectivity index (χ2v) is 10.8. The molecule has 0 atom stereocenters. The molecule has 3 rings (SSSR count). The van der Waals surface area contributed by atoms with Gasteiger partial charge in [-0.2, -0.15) is 0 Å². The Balaban J connectivity index is 1.58. The molecule has 33 heavy (non-hydrogen) atoms. The number of phenols is 1. The minimum absolute atomic E-state index is 0.113. The van der Waals surface area contributed by atoms with E-state index in [9.17, 15) is 13.5 Å². The van der Waals surface area contributed by atoms with E-state index in [-0.39, 0.29) is 11.5 Å². The first-order chi connectivity index (χ1) is 15.7. The molecule has 0 bridgehead atoms. The number of anilines is 1. The first-order valence-corrected chi connectivity index (χ1v) is 13.2. The van der Waals surface area contributed by atoms with Gasteiger partial charge in [-0.1, -0.05) is 39.0 Å². The number of nitrogens with zero attached hydrogens (tertiary/aromatic N) is 1. The van der Waals surface area contributed by atoms with E-state index in [1.165, 1.54) is 12.8 Å². The Kier molecular flexibility index (Phi) is 8.19. The molecular weight excluding hydrogens is 436 g/mol. The fourth-order valence-corrected chi connectivity index (χ4v) is 4.81. The molecule has 0 amide bonds. The van der Waals surface area contributed by atoms with Crippen molar-refractivity contribution in [1.82, 2.24) is 0 Å². The lowest BCUT2D eigenvalue weighted by Gasteiger charge is -2.28. The average molecular weight is 471 g/mol. The second-order valence-electron chi connectivity index (χ2n) is 8.95. The van der Waals surface area contributed by atoms with Crippen molar-refractivity contribution in [3.8, 4) is 11.5 Å². The summed E-state index contributed by atoms with van der Waals surface area (Å²) >= 11 is 0. The van der Waals surface area contributed by atoms with E-state index < -0.39 is 15.6 Å². The first-order valence-electron chi connectivity index (χ1n) is 11.6. The molecule has 0 radical (unpaired) electrons. The molecule has 1 aliphatic heterocycles. The first kappa shape index (κ1) is 24.8. The third-order valence-electron chi connectivity index (χ3n) is 5.49. The smallest absolute Gasteiger partial charge is 0.232 e. The minimum atomic E-state index is -3.36. The van der Waals surface area contributed by atoms with E-state index in [1.807, 2.05) is 32.1 Å². The maximum absolute atomic E-state index is 12.3. The fourth-order valence-electron chi connectivity index (χ4n) is 3.62. The number of aliphatic imine (C=N–C) groups is 1. The lowest BCUT2D eigenvalue weighted by Crippen LogP contribution is -2.27. The van der Waals surface area contributed by atoms with Crippen molar-refractivity contribution in [2.24, 2.45) is 4.99 Å². The van der Waals surface area contributed by atoms with Crippen LogP contribution in [-0.4, -0.2) is 31.1 Å².